The Morgan fingerprint density at radius 1 is 1.47 bits per heavy atom. The maximum absolute atomic E-state index is 9.34. The van der Waals surface area contributed by atoms with Crippen LogP contribution in [0.4, 0.5) is 0 Å². The standard InChI is InChI=1S/C12H16N2O/c1-8(13-2)5-9-7-14-12-6-10(15)3-4-11(9)12/h3-4,6-8,13-15H,5H2,1-2H3. The lowest BCUT2D eigenvalue weighted by Crippen LogP contribution is -2.23. The van der Waals surface area contributed by atoms with Crippen LogP contribution in [0.15, 0.2) is 24.4 Å². The Kier molecular flexibility index (Phi) is 2.64. The molecule has 0 saturated carbocycles. The Morgan fingerprint density at radius 2 is 2.27 bits per heavy atom. The van der Waals surface area contributed by atoms with Crippen molar-refractivity contribution in [3.05, 3.63) is 30.0 Å². The van der Waals surface area contributed by atoms with E-state index >= 15 is 0 Å². The van der Waals surface area contributed by atoms with Crippen LogP contribution in [0.3, 0.4) is 0 Å². The molecule has 0 bridgehead atoms. The molecule has 0 saturated heterocycles. The first-order chi connectivity index (χ1) is 7.20. The number of benzene rings is 1. The number of aromatic amines is 1. The zero-order valence-corrected chi connectivity index (χ0v) is 9.04. The largest absolute Gasteiger partial charge is 0.508 e. The highest BCUT2D eigenvalue weighted by atomic mass is 16.3. The monoisotopic (exact) mass is 204 g/mol. The Labute approximate surface area is 89.1 Å². The highest BCUT2D eigenvalue weighted by molar-refractivity contribution is 5.84. The maximum atomic E-state index is 9.34. The van der Waals surface area contributed by atoms with Gasteiger partial charge in [-0.2, -0.15) is 0 Å². The van der Waals surface area contributed by atoms with Gasteiger partial charge < -0.3 is 15.4 Å². The molecule has 1 unspecified atom stereocenters. The number of phenols is 1. The fourth-order valence-electron chi connectivity index (χ4n) is 1.78. The number of hydrogen-bond acceptors (Lipinski definition) is 2. The summed E-state index contributed by atoms with van der Waals surface area (Å²) in [7, 11) is 1.96. The van der Waals surface area contributed by atoms with Crippen LogP contribution in [-0.2, 0) is 6.42 Å². The molecule has 0 amide bonds. The third-order valence-electron chi connectivity index (χ3n) is 2.77. The van der Waals surface area contributed by atoms with Gasteiger partial charge in [-0.25, -0.2) is 0 Å². The van der Waals surface area contributed by atoms with Crippen LogP contribution in [0, 0.1) is 0 Å². The quantitative estimate of drug-likeness (QED) is 0.716. The molecule has 0 fully saturated rings. The number of rotatable bonds is 3. The lowest BCUT2D eigenvalue weighted by Gasteiger charge is -2.08. The average molecular weight is 204 g/mol. The van der Waals surface area contributed by atoms with Gasteiger partial charge in [-0.3, -0.25) is 0 Å². The normalized spacial score (nSPS) is 13.2. The number of H-pyrrole nitrogens is 1. The summed E-state index contributed by atoms with van der Waals surface area (Å²) in [6.07, 6.45) is 3.00. The van der Waals surface area contributed by atoms with Gasteiger partial charge in [0, 0.05) is 29.2 Å². The molecule has 0 radical (unpaired) electrons. The van der Waals surface area contributed by atoms with Gasteiger partial charge >= 0.3 is 0 Å². The van der Waals surface area contributed by atoms with Crippen molar-refractivity contribution in [3.63, 3.8) is 0 Å². The van der Waals surface area contributed by atoms with E-state index in [-0.39, 0.29) is 0 Å². The molecule has 3 heteroatoms. The van der Waals surface area contributed by atoms with Gasteiger partial charge in [0.25, 0.3) is 0 Å². The van der Waals surface area contributed by atoms with Crippen molar-refractivity contribution in [2.45, 2.75) is 19.4 Å². The van der Waals surface area contributed by atoms with Crippen LogP contribution in [0.5, 0.6) is 5.75 Å². The fraction of sp³-hybridized carbons (Fsp3) is 0.333. The van der Waals surface area contributed by atoms with Crippen LogP contribution in [0.2, 0.25) is 0 Å². The Bertz CT molecular complexity index is 462. The zero-order chi connectivity index (χ0) is 10.8. The minimum Gasteiger partial charge on any atom is -0.508 e. The first-order valence-electron chi connectivity index (χ1n) is 5.17. The van der Waals surface area contributed by atoms with E-state index < -0.39 is 0 Å². The Hall–Kier alpha value is -1.48. The molecule has 0 aliphatic heterocycles. The summed E-state index contributed by atoms with van der Waals surface area (Å²) in [5.74, 6) is 0.303. The lowest BCUT2D eigenvalue weighted by molar-refractivity contribution is 0.476. The number of hydrogen-bond donors (Lipinski definition) is 3. The zero-order valence-electron chi connectivity index (χ0n) is 9.04. The molecule has 3 N–H and O–H groups in total. The molecule has 1 aromatic carbocycles. The van der Waals surface area contributed by atoms with Crippen molar-refractivity contribution >= 4 is 10.9 Å². The SMILES string of the molecule is CNC(C)Cc1c[nH]c2cc(O)ccc12. The minimum absolute atomic E-state index is 0.303. The van der Waals surface area contributed by atoms with E-state index in [4.69, 9.17) is 0 Å². The van der Waals surface area contributed by atoms with Gasteiger partial charge in [0.05, 0.1) is 0 Å². The molecule has 80 valence electrons. The summed E-state index contributed by atoms with van der Waals surface area (Å²) in [4.78, 5) is 3.17. The smallest absolute Gasteiger partial charge is 0.117 e. The number of nitrogens with one attached hydrogen (secondary N) is 2. The summed E-state index contributed by atoms with van der Waals surface area (Å²) >= 11 is 0. The number of fused-ring (bicyclic) bond motifs is 1. The van der Waals surface area contributed by atoms with Gasteiger partial charge in [-0.05, 0) is 38.1 Å². The second kappa shape index (κ2) is 3.95. The highest BCUT2D eigenvalue weighted by Gasteiger charge is 2.07. The topological polar surface area (TPSA) is 48.0 Å². The molecular weight excluding hydrogens is 188 g/mol. The van der Waals surface area contributed by atoms with Crippen molar-refractivity contribution in [3.8, 4) is 5.75 Å². The van der Waals surface area contributed by atoms with Gasteiger partial charge in [-0.1, -0.05) is 0 Å². The van der Waals surface area contributed by atoms with Gasteiger partial charge in [0.15, 0.2) is 0 Å². The molecule has 1 atom stereocenters. The van der Waals surface area contributed by atoms with Crippen molar-refractivity contribution in [1.29, 1.82) is 0 Å². The summed E-state index contributed by atoms with van der Waals surface area (Å²) in [5, 5.41) is 13.7. The first-order valence-corrected chi connectivity index (χ1v) is 5.17. The molecule has 2 aromatic rings. The van der Waals surface area contributed by atoms with Crippen LogP contribution in [0.25, 0.3) is 10.9 Å². The molecule has 1 heterocycles. The van der Waals surface area contributed by atoms with E-state index in [9.17, 15) is 5.11 Å². The van der Waals surface area contributed by atoms with E-state index in [1.807, 2.05) is 19.3 Å². The summed E-state index contributed by atoms with van der Waals surface area (Å²) in [6, 6.07) is 5.89. The van der Waals surface area contributed by atoms with Crippen LogP contribution in [0.1, 0.15) is 12.5 Å². The van der Waals surface area contributed by atoms with E-state index in [0.29, 0.717) is 11.8 Å². The molecule has 0 aliphatic carbocycles. The molecule has 0 aliphatic rings. The number of phenolic OH excluding ortho intramolecular Hbond substituents is 1. The third-order valence-corrected chi connectivity index (χ3v) is 2.77. The van der Waals surface area contributed by atoms with Crippen LogP contribution < -0.4 is 5.32 Å². The van der Waals surface area contributed by atoms with Crippen LogP contribution >= 0.6 is 0 Å². The summed E-state index contributed by atoms with van der Waals surface area (Å²) in [5.41, 5.74) is 2.28. The number of aromatic hydroxyl groups is 1. The van der Waals surface area contributed by atoms with Crippen molar-refractivity contribution in [2.24, 2.45) is 0 Å². The number of aromatic nitrogens is 1. The Balaban J connectivity index is 2.36. The van der Waals surface area contributed by atoms with E-state index in [0.717, 1.165) is 11.9 Å². The van der Waals surface area contributed by atoms with Crippen LogP contribution in [-0.4, -0.2) is 23.2 Å². The van der Waals surface area contributed by atoms with Gasteiger partial charge in [0.2, 0.25) is 0 Å². The molecule has 2 rings (SSSR count). The fourth-order valence-corrected chi connectivity index (χ4v) is 1.78. The highest BCUT2D eigenvalue weighted by Crippen LogP contribution is 2.23. The molecule has 0 spiro atoms. The van der Waals surface area contributed by atoms with E-state index in [1.54, 1.807) is 12.1 Å². The molecule has 3 nitrogen and oxygen atoms in total. The summed E-state index contributed by atoms with van der Waals surface area (Å²) in [6.45, 7) is 2.15. The predicted octanol–water partition coefficient (Wildman–Crippen LogP) is 2.02. The molecule has 15 heavy (non-hydrogen) atoms. The second-order valence-electron chi connectivity index (χ2n) is 3.94. The predicted molar refractivity (Wildman–Crippen MR) is 62.2 cm³/mol. The van der Waals surface area contributed by atoms with Gasteiger partial charge in [0.1, 0.15) is 5.75 Å². The minimum atomic E-state index is 0.303. The van der Waals surface area contributed by atoms with E-state index in [2.05, 4.69) is 17.2 Å². The summed E-state index contributed by atoms with van der Waals surface area (Å²) < 4.78 is 0. The second-order valence-corrected chi connectivity index (χ2v) is 3.94. The van der Waals surface area contributed by atoms with Crippen molar-refractivity contribution in [2.75, 3.05) is 7.05 Å². The number of likely N-dealkylation sites (N-methyl/N-ethyl adjacent to an activating group) is 1. The molecular formula is C12H16N2O. The Morgan fingerprint density at radius 3 is 3.00 bits per heavy atom. The first kappa shape index (κ1) is 10.1. The van der Waals surface area contributed by atoms with Crippen molar-refractivity contribution in [1.82, 2.24) is 10.3 Å². The lowest BCUT2D eigenvalue weighted by atomic mass is 10.1. The van der Waals surface area contributed by atoms with E-state index in [1.165, 1.54) is 10.9 Å². The van der Waals surface area contributed by atoms with Crippen molar-refractivity contribution < 1.29 is 5.11 Å². The van der Waals surface area contributed by atoms with Gasteiger partial charge in [-0.15, -0.1) is 0 Å². The third kappa shape index (κ3) is 1.97. The maximum Gasteiger partial charge on any atom is 0.117 e. The molecule has 1 aromatic heterocycles. The average Bonchev–Trinajstić information content (AvgIpc) is 2.60.